The lowest BCUT2D eigenvalue weighted by Gasteiger charge is -2.23. The van der Waals surface area contributed by atoms with Gasteiger partial charge in [0.2, 0.25) is 11.5 Å². The highest BCUT2D eigenvalue weighted by Crippen LogP contribution is 2.20. The topological polar surface area (TPSA) is 155 Å². The summed E-state index contributed by atoms with van der Waals surface area (Å²) in [7, 11) is 0. The standard InChI is InChI=1S/C25H27ClN8O4/c1-3-31-24(36)32(15-17-4-6-18(26)7-5-17)23(34(28)25(31)37)30-19-8-10-20(11-9-19)38-21-12-13-22(29-14-21)33(27)16(2)35/h4-13,29H,3,14-15,27-28H2,1-2H3. The number of nitrogen functional groups attached to an aromatic ring is 1. The molecule has 2 aromatic carbocycles. The Morgan fingerprint density at radius 1 is 1.08 bits per heavy atom. The largest absolute Gasteiger partial charge is 0.460 e. The molecule has 2 heterocycles. The van der Waals surface area contributed by atoms with Gasteiger partial charge in [0.05, 0.1) is 18.8 Å². The number of nitrogens with one attached hydrogen (secondary N) is 1. The van der Waals surface area contributed by atoms with E-state index in [9.17, 15) is 14.4 Å². The van der Waals surface area contributed by atoms with Crippen molar-refractivity contribution >= 4 is 23.2 Å². The summed E-state index contributed by atoms with van der Waals surface area (Å²) in [6.45, 7) is 3.67. The Balaban J connectivity index is 1.65. The molecule has 0 saturated heterocycles. The van der Waals surface area contributed by atoms with Crippen LogP contribution < -0.4 is 38.7 Å². The maximum atomic E-state index is 13.1. The van der Waals surface area contributed by atoms with E-state index in [-0.39, 0.29) is 24.6 Å². The molecule has 0 saturated carbocycles. The van der Waals surface area contributed by atoms with Crippen molar-refractivity contribution in [1.82, 2.24) is 24.1 Å². The number of halogens is 1. The third-order valence-electron chi connectivity index (χ3n) is 5.71. The van der Waals surface area contributed by atoms with E-state index in [1.807, 2.05) is 0 Å². The molecule has 4 rings (SSSR count). The lowest BCUT2D eigenvalue weighted by Crippen LogP contribution is -2.57. The summed E-state index contributed by atoms with van der Waals surface area (Å²) in [5.74, 6) is 13.1. The normalized spacial score (nSPS) is 13.4. The number of nitrogens with zero attached hydrogens (tertiary/aromatic N) is 5. The smallest absolute Gasteiger partial charge is 0.353 e. The van der Waals surface area contributed by atoms with Crippen molar-refractivity contribution in [2.24, 2.45) is 10.8 Å². The molecule has 5 N–H and O–H groups in total. The summed E-state index contributed by atoms with van der Waals surface area (Å²) >= 11 is 5.99. The van der Waals surface area contributed by atoms with Crippen LogP contribution in [-0.2, 0) is 17.9 Å². The van der Waals surface area contributed by atoms with Crippen LogP contribution in [0.15, 0.2) is 86.8 Å². The molecule has 1 aliphatic heterocycles. The molecule has 0 bridgehead atoms. The fraction of sp³-hybridized carbons (Fsp3) is 0.200. The summed E-state index contributed by atoms with van der Waals surface area (Å²) in [5.41, 5.74) is 0.0200. The number of carbonyl (C=O) groups is 1. The van der Waals surface area contributed by atoms with Gasteiger partial charge in [0.25, 0.3) is 0 Å². The Morgan fingerprint density at radius 3 is 2.34 bits per heavy atom. The van der Waals surface area contributed by atoms with Crippen LogP contribution >= 0.6 is 11.6 Å². The number of hydrazine groups is 1. The van der Waals surface area contributed by atoms with Gasteiger partial charge in [-0.1, -0.05) is 23.7 Å². The molecule has 0 radical (unpaired) electrons. The SMILES string of the molecule is CCn1c(=O)n(N)c(=Nc2ccc(OC3=CC=C(N(N)C(C)=O)NC3)cc2)n(Cc2ccc(Cl)cc2)c1=O. The molecule has 0 unspecified atom stereocenters. The van der Waals surface area contributed by atoms with Crippen molar-refractivity contribution in [3.05, 3.63) is 109 Å². The van der Waals surface area contributed by atoms with E-state index >= 15 is 0 Å². The maximum absolute atomic E-state index is 13.1. The number of carbonyl (C=O) groups excluding carboxylic acids is 1. The zero-order chi connectivity index (χ0) is 27.4. The molecule has 0 aliphatic carbocycles. The molecule has 0 atom stereocenters. The molecule has 0 fully saturated rings. The fourth-order valence-electron chi connectivity index (χ4n) is 3.68. The maximum Gasteiger partial charge on any atom is 0.353 e. The molecule has 0 spiro atoms. The van der Waals surface area contributed by atoms with Gasteiger partial charge in [0.1, 0.15) is 17.3 Å². The zero-order valence-electron chi connectivity index (χ0n) is 20.8. The van der Waals surface area contributed by atoms with Crippen molar-refractivity contribution in [1.29, 1.82) is 0 Å². The van der Waals surface area contributed by atoms with Gasteiger partial charge in [-0.2, -0.15) is 4.68 Å². The van der Waals surface area contributed by atoms with Gasteiger partial charge in [-0.15, -0.1) is 0 Å². The highest BCUT2D eigenvalue weighted by atomic mass is 35.5. The van der Waals surface area contributed by atoms with Gasteiger partial charge in [-0.05, 0) is 61.0 Å². The lowest BCUT2D eigenvalue weighted by atomic mass is 10.2. The Hall–Kier alpha value is -4.55. The average Bonchev–Trinajstić information content (AvgIpc) is 2.91. The van der Waals surface area contributed by atoms with Gasteiger partial charge in [0, 0.05) is 18.5 Å². The Morgan fingerprint density at radius 2 is 1.76 bits per heavy atom. The number of allylic oxidation sites excluding steroid dienone is 2. The molecule has 198 valence electrons. The Bertz CT molecular complexity index is 1600. The Kier molecular flexibility index (Phi) is 7.84. The second-order valence-corrected chi connectivity index (χ2v) is 8.76. The van der Waals surface area contributed by atoms with Crippen molar-refractivity contribution in [3.8, 4) is 5.75 Å². The van der Waals surface area contributed by atoms with E-state index in [1.165, 1.54) is 11.5 Å². The van der Waals surface area contributed by atoms with E-state index in [0.29, 0.717) is 34.6 Å². The van der Waals surface area contributed by atoms with Crippen molar-refractivity contribution in [2.75, 3.05) is 12.4 Å². The molecular weight excluding hydrogens is 512 g/mol. The number of benzene rings is 2. The highest BCUT2D eigenvalue weighted by Gasteiger charge is 2.15. The summed E-state index contributed by atoms with van der Waals surface area (Å²) in [6, 6.07) is 13.7. The van der Waals surface area contributed by atoms with Gasteiger partial charge < -0.3 is 15.9 Å². The molecule has 1 amide bonds. The summed E-state index contributed by atoms with van der Waals surface area (Å²) < 4.78 is 9.10. The number of nitrogens with two attached hydrogens (primary N) is 2. The monoisotopic (exact) mass is 538 g/mol. The molecule has 3 aromatic rings. The minimum atomic E-state index is -0.673. The second-order valence-electron chi connectivity index (χ2n) is 8.33. The van der Waals surface area contributed by atoms with Gasteiger partial charge in [-0.25, -0.2) is 30.0 Å². The van der Waals surface area contributed by atoms with E-state index in [4.69, 9.17) is 28.0 Å². The molecule has 13 heteroatoms. The zero-order valence-corrected chi connectivity index (χ0v) is 21.6. The second kappa shape index (κ2) is 11.2. The van der Waals surface area contributed by atoms with Crippen LogP contribution in [0.4, 0.5) is 5.69 Å². The molecule has 1 aromatic heterocycles. The average molecular weight is 539 g/mol. The lowest BCUT2D eigenvalue weighted by molar-refractivity contribution is -0.127. The van der Waals surface area contributed by atoms with Crippen molar-refractivity contribution < 1.29 is 9.53 Å². The van der Waals surface area contributed by atoms with Crippen LogP contribution in [0.5, 0.6) is 5.75 Å². The van der Waals surface area contributed by atoms with Gasteiger partial charge in [-0.3, -0.25) is 9.36 Å². The number of ether oxygens (including phenoxy) is 1. The molecule has 38 heavy (non-hydrogen) atoms. The van der Waals surface area contributed by atoms with E-state index < -0.39 is 11.4 Å². The first-order chi connectivity index (χ1) is 18.2. The number of rotatable bonds is 7. The summed E-state index contributed by atoms with van der Waals surface area (Å²) in [5, 5.41) is 4.59. The molecule has 12 nitrogen and oxygen atoms in total. The van der Waals surface area contributed by atoms with E-state index in [0.717, 1.165) is 19.8 Å². The van der Waals surface area contributed by atoms with Crippen molar-refractivity contribution in [3.63, 3.8) is 0 Å². The van der Waals surface area contributed by atoms with E-state index in [1.54, 1.807) is 67.6 Å². The first-order valence-corrected chi connectivity index (χ1v) is 12.0. The number of hydrogen-bond donors (Lipinski definition) is 3. The van der Waals surface area contributed by atoms with Crippen LogP contribution in [0, 0.1) is 0 Å². The van der Waals surface area contributed by atoms with Crippen molar-refractivity contribution in [2.45, 2.75) is 26.9 Å². The summed E-state index contributed by atoms with van der Waals surface area (Å²) in [6.07, 6.45) is 3.35. The van der Waals surface area contributed by atoms with Crippen LogP contribution in [0.1, 0.15) is 19.4 Å². The Labute approximate surface area is 222 Å². The van der Waals surface area contributed by atoms with Crippen LogP contribution in [-0.4, -0.2) is 31.3 Å². The van der Waals surface area contributed by atoms with Gasteiger partial charge >= 0.3 is 11.4 Å². The number of aromatic nitrogens is 3. The summed E-state index contributed by atoms with van der Waals surface area (Å²) in [4.78, 5) is 41.7. The molecule has 1 aliphatic rings. The predicted molar refractivity (Wildman–Crippen MR) is 142 cm³/mol. The van der Waals surface area contributed by atoms with E-state index in [2.05, 4.69) is 10.3 Å². The van der Waals surface area contributed by atoms with Crippen LogP contribution in [0.3, 0.4) is 0 Å². The quantitative estimate of drug-likeness (QED) is 0.229. The first kappa shape index (κ1) is 26.5. The minimum Gasteiger partial charge on any atom is -0.460 e. The van der Waals surface area contributed by atoms with Crippen LogP contribution in [0.25, 0.3) is 0 Å². The van der Waals surface area contributed by atoms with Gasteiger partial charge in [0.15, 0.2) is 0 Å². The third kappa shape index (κ3) is 5.71. The number of hydrogen-bond acceptors (Lipinski definition) is 8. The number of amides is 1. The first-order valence-electron chi connectivity index (χ1n) is 11.7. The predicted octanol–water partition coefficient (Wildman–Crippen LogP) is 0.909. The number of dihydropyridines is 1. The molecular formula is C25H27ClN8O4. The van der Waals surface area contributed by atoms with Crippen LogP contribution in [0.2, 0.25) is 5.02 Å². The highest BCUT2D eigenvalue weighted by molar-refractivity contribution is 6.30. The minimum absolute atomic E-state index is 0.0121. The fourth-order valence-corrected chi connectivity index (χ4v) is 3.81. The third-order valence-corrected chi connectivity index (χ3v) is 5.96.